The maximum atomic E-state index is 5.21. The van der Waals surface area contributed by atoms with Crippen LogP contribution in [0.1, 0.15) is 19.3 Å². The van der Waals surface area contributed by atoms with Crippen molar-refractivity contribution >= 4 is 5.69 Å². The van der Waals surface area contributed by atoms with E-state index < -0.39 is 0 Å². The molecule has 92 valence electrons. The molecule has 17 heavy (non-hydrogen) atoms. The minimum atomic E-state index is 0.692. The Balaban J connectivity index is 1.81. The zero-order valence-electron chi connectivity index (χ0n) is 10.4. The number of methoxy groups -OCH3 is 1. The Morgan fingerprint density at radius 3 is 2.82 bits per heavy atom. The fourth-order valence-electron chi connectivity index (χ4n) is 3.16. The first-order valence-electron chi connectivity index (χ1n) is 6.52. The van der Waals surface area contributed by atoms with Crippen molar-refractivity contribution in [3.8, 4) is 5.75 Å². The van der Waals surface area contributed by atoms with E-state index in [2.05, 4.69) is 34.5 Å². The summed E-state index contributed by atoms with van der Waals surface area (Å²) in [6, 6.07) is 9.87. The lowest BCUT2D eigenvalue weighted by atomic mass is 9.97. The Morgan fingerprint density at radius 2 is 2.06 bits per heavy atom. The predicted octanol–water partition coefficient (Wildman–Crippen LogP) is 2.03. The van der Waals surface area contributed by atoms with Crippen LogP contribution in [-0.4, -0.2) is 32.3 Å². The van der Waals surface area contributed by atoms with Gasteiger partial charge in [0.1, 0.15) is 5.75 Å². The summed E-state index contributed by atoms with van der Waals surface area (Å²) >= 11 is 0. The predicted molar refractivity (Wildman–Crippen MR) is 69.8 cm³/mol. The lowest BCUT2D eigenvalue weighted by Crippen LogP contribution is -2.48. The molecule has 2 saturated heterocycles. The van der Waals surface area contributed by atoms with Crippen LogP contribution >= 0.6 is 0 Å². The van der Waals surface area contributed by atoms with Crippen LogP contribution in [0.3, 0.4) is 0 Å². The van der Waals surface area contributed by atoms with E-state index in [1.807, 2.05) is 0 Å². The van der Waals surface area contributed by atoms with Crippen LogP contribution in [-0.2, 0) is 0 Å². The second-order valence-corrected chi connectivity index (χ2v) is 4.95. The molecule has 0 aliphatic carbocycles. The second-order valence-electron chi connectivity index (χ2n) is 4.95. The minimum Gasteiger partial charge on any atom is -0.497 e. The topological polar surface area (TPSA) is 24.5 Å². The fraction of sp³-hybridized carbons (Fsp3) is 0.571. The first kappa shape index (κ1) is 10.9. The average Bonchev–Trinajstić information content (AvgIpc) is 2.87. The molecule has 0 amide bonds. The van der Waals surface area contributed by atoms with Gasteiger partial charge in [-0.3, -0.25) is 0 Å². The summed E-state index contributed by atoms with van der Waals surface area (Å²) in [4.78, 5) is 2.56. The van der Waals surface area contributed by atoms with Gasteiger partial charge in [0.25, 0.3) is 0 Å². The molecular weight excluding hydrogens is 212 g/mol. The number of benzene rings is 1. The van der Waals surface area contributed by atoms with E-state index in [4.69, 9.17) is 4.74 Å². The number of anilines is 1. The van der Waals surface area contributed by atoms with E-state index in [0.717, 1.165) is 5.75 Å². The lowest BCUT2D eigenvalue weighted by molar-refractivity contribution is 0.409. The van der Waals surface area contributed by atoms with Gasteiger partial charge in [-0.25, -0.2) is 0 Å². The summed E-state index contributed by atoms with van der Waals surface area (Å²) in [5.41, 5.74) is 1.34. The molecule has 2 fully saturated rings. The van der Waals surface area contributed by atoms with Gasteiger partial charge in [0.2, 0.25) is 0 Å². The molecule has 1 N–H and O–H groups in total. The number of hydrogen-bond donors (Lipinski definition) is 1. The molecule has 2 aliphatic rings. The normalized spacial score (nSPS) is 27.9. The summed E-state index contributed by atoms with van der Waals surface area (Å²) < 4.78 is 5.21. The summed E-state index contributed by atoms with van der Waals surface area (Å²) in [6.07, 6.45) is 3.90. The number of hydrogen-bond acceptors (Lipinski definition) is 3. The van der Waals surface area contributed by atoms with Crippen molar-refractivity contribution in [2.45, 2.75) is 31.3 Å². The van der Waals surface area contributed by atoms with Crippen molar-refractivity contribution in [1.82, 2.24) is 5.32 Å². The molecular formula is C14H20N2O. The third-order valence-corrected chi connectivity index (χ3v) is 4.03. The van der Waals surface area contributed by atoms with Crippen LogP contribution in [0.25, 0.3) is 0 Å². The zero-order valence-corrected chi connectivity index (χ0v) is 10.4. The van der Waals surface area contributed by atoms with E-state index in [1.54, 1.807) is 7.11 Å². The van der Waals surface area contributed by atoms with Gasteiger partial charge in [0.15, 0.2) is 0 Å². The van der Waals surface area contributed by atoms with Gasteiger partial charge < -0.3 is 15.0 Å². The average molecular weight is 232 g/mol. The van der Waals surface area contributed by atoms with Crippen molar-refractivity contribution in [1.29, 1.82) is 0 Å². The van der Waals surface area contributed by atoms with Gasteiger partial charge in [0.05, 0.1) is 7.11 Å². The van der Waals surface area contributed by atoms with Crippen LogP contribution in [0.5, 0.6) is 5.75 Å². The molecule has 3 heteroatoms. The van der Waals surface area contributed by atoms with E-state index in [1.165, 1.54) is 38.0 Å². The van der Waals surface area contributed by atoms with Crippen molar-refractivity contribution in [2.24, 2.45) is 0 Å². The summed E-state index contributed by atoms with van der Waals surface area (Å²) in [6.45, 7) is 2.36. The van der Waals surface area contributed by atoms with Crippen molar-refractivity contribution in [3.05, 3.63) is 24.3 Å². The number of ether oxygens (including phenoxy) is 1. The molecule has 1 aromatic rings. The molecule has 2 atom stereocenters. The Morgan fingerprint density at radius 1 is 1.24 bits per heavy atom. The Bertz CT molecular complexity index is 376. The van der Waals surface area contributed by atoms with Crippen LogP contribution in [0, 0.1) is 0 Å². The monoisotopic (exact) mass is 232 g/mol. The van der Waals surface area contributed by atoms with Gasteiger partial charge in [-0.2, -0.15) is 0 Å². The fourth-order valence-corrected chi connectivity index (χ4v) is 3.16. The standard InChI is InChI=1S/C14H20N2O/c1-17-12-6-4-11(5-7-12)16-10-2-3-13-14(16)8-9-15-13/h4-7,13-15H,2-3,8-10H2,1H3. The largest absolute Gasteiger partial charge is 0.497 e. The SMILES string of the molecule is COc1ccc(N2CCCC3NCCC32)cc1. The number of piperidine rings is 1. The van der Waals surface area contributed by atoms with Crippen molar-refractivity contribution < 1.29 is 4.74 Å². The molecule has 0 bridgehead atoms. The number of nitrogens with zero attached hydrogens (tertiary/aromatic N) is 1. The highest BCUT2D eigenvalue weighted by Crippen LogP contribution is 2.30. The van der Waals surface area contributed by atoms with Crippen LogP contribution in [0.15, 0.2) is 24.3 Å². The first-order valence-corrected chi connectivity index (χ1v) is 6.52. The van der Waals surface area contributed by atoms with Gasteiger partial charge >= 0.3 is 0 Å². The third-order valence-electron chi connectivity index (χ3n) is 4.03. The minimum absolute atomic E-state index is 0.692. The molecule has 0 aromatic heterocycles. The molecule has 0 spiro atoms. The molecule has 2 aliphatic heterocycles. The first-order chi connectivity index (χ1) is 8.38. The van der Waals surface area contributed by atoms with E-state index in [0.29, 0.717) is 12.1 Å². The van der Waals surface area contributed by atoms with Gasteiger partial charge in [-0.05, 0) is 50.1 Å². The molecule has 0 saturated carbocycles. The number of nitrogens with one attached hydrogen (secondary N) is 1. The summed E-state index contributed by atoms with van der Waals surface area (Å²) in [5, 5.41) is 3.61. The molecule has 0 radical (unpaired) electrons. The molecule has 1 aromatic carbocycles. The summed E-state index contributed by atoms with van der Waals surface area (Å²) in [7, 11) is 1.72. The van der Waals surface area contributed by atoms with Gasteiger partial charge in [0, 0.05) is 24.3 Å². The smallest absolute Gasteiger partial charge is 0.119 e. The molecule has 3 rings (SSSR count). The van der Waals surface area contributed by atoms with Gasteiger partial charge in [-0.1, -0.05) is 0 Å². The Hall–Kier alpha value is -1.22. The van der Waals surface area contributed by atoms with E-state index in [-0.39, 0.29) is 0 Å². The maximum Gasteiger partial charge on any atom is 0.119 e. The van der Waals surface area contributed by atoms with Crippen molar-refractivity contribution in [2.75, 3.05) is 25.1 Å². The molecule has 2 unspecified atom stereocenters. The highest BCUT2D eigenvalue weighted by molar-refractivity contribution is 5.51. The Kier molecular flexibility index (Phi) is 2.93. The highest BCUT2D eigenvalue weighted by Gasteiger charge is 2.34. The van der Waals surface area contributed by atoms with E-state index >= 15 is 0 Å². The molecule has 2 heterocycles. The lowest BCUT2D eigenvalue weighted by Gasteiger charge is -2.39. The van der Waals surface area contributed by atoms with Crippen LogP contribution < -0.4 is 15.0 Å². The summed E-state index contributed by atoms with van der Waals surface area (Å²) in [5.74, 6) is 0.937. The maximum absolute atomic E-state index is 5.21. The van der Waals surface area contributed by atoms with Crippen molar-refractivity contribution in [3.63, 3.8) is 0 Å². The Labute approximate surface area is 103 Å². The highest BCUT2D eigenvalue weighted by atomic mass is 16.5. The number of fused-ring (bicyclic) bond motifs is 1. The van der Waals surface area contributed by atoms with Crippen LogP contribution in [0.4, 0.5) is 5.69 Å². The number of rotatable bonds is 2. The third kappa shape index (κ3) is 2.00. The zero-order chi connectivity index (χ0) is 11.7. The quantitative estimate of drug-likeness (QED) is 0.844. The van der Waals surface area contributed by atoms with Gasteiger partial charge in [-0.15, -0.1) is 0 Å². The second kappa shape index (κ2) is 4.57. The molecule has 3 nitrogen and oxygen atoms in total. The van der Waals surface area contributed by atoms with E-state index in [9.17, 15) is 0 Å². The van der Waals surface area contributed by atoms with Crippen LogP contribution in [0.2, 0.25) is 0 Å².